The fraction of sp³-hybridized carbons (Fsp3) is 0.214. The molecule has 88 valence electrons. The van der Waals surface area contributed by atoms with Gasteiger partial charge in [-0.25, -0.2) is 0 Å². The van der Waals surface area contributed by atoms with Crippen LogP contribution in [-0.4, -0.2) is 21.6 Å². The van der Waals surface area contributed by atoms with Crippen molar-refractivity contribution in [1.82, 2.24) is 0 Å². The van der Waals surface area contributed by atoms with Crippen molar-refractivity contribution in [3.05, 3.63) is 60.2 Å². The Bertz CT molecular complexity index is 462. The minimum atomic E-state index is -1.59. The van der Waals surface area contributed by atoms with E-state index >= 15 is 0 Å². The topological polar surface area (TPSA) is 57.5 Å². The van der Waals surface area contributed by atoms with Gasteiger partial charge >= 0.3 is 0 Å². The maximum atomic E-state index is 12.0. The highest BCUT2D eigenvalue weighted by atomic mass is 16.3. The van der Waals surface area contributed by atoms with Crippen molar-refractivity contribution in [3.63, 3.8) is 0 Å². The summed E-state index contributed by atoms with van der Waals surface area (Å²) in [5.74, 6) is -0.593. The average molecular weight is 230 g/mol. The molecule has 2 N–H and O–H groups in total. The molecular formula is C14H14O3. The van der Waals surface area contributed by atoms with E-state index in [-0.39, 0.29) is 6.42 Å². The van der Waals surface area contributed by atoms with Crippen LogP contribution in [0.1, 0.15) is 18.1 Å². The van der Waals surface area contributed by atoms with Gasteiger partial charge in [0.15, 0.2) is 0 Å². The highest BCUT2D eigenvalue weighted by molar-refractivity contribution is 5.94. The fourth-order valence-electron chi connectivity index (χ4n) is 1.82. The molecule has 1 aromatic carbocycles. The molecule has 0 spiro atoms. The summed E-state index contributed by atoms with van der Waals surface area (Å²) < 4.78 is 0. The van der Waals surface area contributed by atoms with Gasteiger partial charge < -0.3 is 10.2 Å². The predicted molar refractivity (Wildman–Crippen MR) is 64.3 cm³/mol. The molecule has 0 aromatic heterocycles. The minimum Gasteiger partial charge on any atom is -0.380 e. The molecule has 3 nitrogen and oxygen atoms in total. The molecule has 0 fully saturated rings. The standard InChI is InChI=1S/C14H14O3/c15-12(11-7-3-1-4-8-11)13(16)14(17)9-5-2-6-10-14/h1-9,12,15,17H,10H2. The average Bonchev–Trinajstić information content (AvgIpc) is 2.39. The summed E-state index contributed by atoms with van der Waals surface area (Å²) in [5, 5.41) is 20.1. The molecule has 3 heteroatoms. The zero-order valence-electron chi connectivity index (χ0n) is 9.28. The van der Waals surface area contributed by atoms with E-state index in [0.29, 0.717) is 5.56 Å². The van der Waals surface area contributed by atoms with Gasteiger partial charge in [-0.2, -0.15) is 0 Å². The van der Waals surface area contributed by atoms with Crippen molar-refractivity contribution in [1.29, 1.82) is 0 Å². The first kappa shape index (κ1) is 11.8. The molecule has 2 atom stereocenters. The summed E-state index contributed by atoms with van der Waals surface area (Å²) in [5.41, 5.74) is -1.10. The van der Waals surface area contributed by atoms with Gasteiger partial charge in [-0.3, -0.25) is 4.79 Å². The summed E-state index contributed by atoms with van der Waals surface area (Å²) in [4.78, 5) is 12.0. The third-order valence-corrected chi connectivity index (χ3v) is 2.84. The van der Waals surface area contributed by atoms with E-state index in [1.807, 2.05) is 0 Å². The van der Waals surface area contributed by atoms with Crippen molar-refractivity contribution in [2.45, 2.75) is 18.1 Å². The van der Waals surface area contributed by atoms with E-state index in [0.717, 1.165) is 0 Å². The van der Waals surface area contributed by atoms with E-state index in [1.54, 1.807) is 48.6 Å². The fourth-order valence-corrected chi connectivity index (χ4v) is 1.82. The molecule has 1 aromatic rings. The van der Waals surface area contributed by atoms with Crippen LogP contribution in [0.2, 0.25) is 0 Å². The molecule has 17 heavy (non-hydrogen) atoms. The number of allylic oxidation sites excluding steroid dienone is 2. The van der Waals surface area contributed by atoms with Crippen LogP contribution in [0.5, 0.6) is 0 Å². The minimum absolute atomic E-state index is 0.201. The number of benzene rings is 1. The maximum absolute atomic E-state index is 12.0. The van der Waals surface area contributed by atoms with E-state index in [2.05, 4.69) is 0 Å². The summed E-state index contributed by atoms with van der Waals surface area (Å²) >= 11 is 0. The first-order valence-electron chi connectivity index (χ1n) is 5.47. The molecule has 0 amide bonds. The van der Waals surface area contributed by atoms with Gasteiger partial charge in [0.2, 0.25) is 5.78 Å². The molecule has 0 heterocycles. The Morgan fingerprint density at radius 2 is 1.94 bits per heavy atom. The number of carbonyl (C=O) groups is 1. The Morgan fingerprint density at radius 3 is 2.53 bits per heavy atom. The molecule has 1 aliphatic rings. The van der Waals surface area contributed by atoms with Crippen LogP contribution >= 0.6 is 0 Å². The first-order valence-corrected chi connectivity index (χ1v) is 5.47. The third-order valence-electron chi connectivity index (χ3n) is 2.84. The van der Waals surface area contributed by atoms with E-state index in [9.17, 15) is 15.0 Å². The molecule has 0 bridgehead atoms. The Kier molecular flexibility index (Phi) is 3.22. The van der Waals surface area contributed by atoms with Crippen LogP contribution in [-0.2, 0) is 4.79 Å². The quantitative estimate of drug-likeness (QED) is 0.828. The number of hydrogen-bond acceptors (Lipinski definition) is 3. The third kappa shape index (κ3) is 2.35. The first-order chi connectivity index (χ1) is 8.13. The summed E-state index contributed by atoms with van der Waals surface area (Å²) in [6, 6.07) is 8.61. The molecule has 2 unspecified atom stereocenters. The van der Waals surface area contributed by atoms with Crippen LogP contribution in [0.4, 0.5) is 0 Å². The van der Waals surface area contributed by atoms with Crippen LogP contribution in [0.25, 0.3) is 0 Å². The Labute approximate surface area is 99.7 Å². The SMILES string of the molecule is O=C(C(O)c1ccccc1)C1(O)C=CC=CC1. The number of carbonyl (C=O) groups excluding carboxylic acids is 1. The van der Waals surface area contributed by atoms with Gasteiger partial charge in [0.05, 0.1) is 0 Å². The summed E-state index contributed by atoms with van der Waals surface area (Å²) in [6.07, 6.45) is 5.40. The Balaban J connectivity index is 2.21. The van der Waals surface area contributed by atoms with Crippen molar-refractivity contribution in [2.75, 3.05) is 0 Å². The summed E-state index contributed by atoms with van der Waals surface area (Å²) in [6.45, 7) is 0. The largest absolute Gasteiger partial charge is 0.380 e. The van der Waals surface area contributed by atoms with E-state index in [4.69, 9.17) is 0 Å². The van der Waals surface area contributed by atoms with Crippen molar-refractivity contribution < 1.29 is 15.0 Å². The van der Waals surface area contributed by atoms with Gasteiger partial charge in [0.1, 0.15) is 11.7 Å². The van der Waals surface area contributed by atoms with Gasteiger partial charge in [-0.15, -0.1) is 0 Å². The lowest BCUT2D eigenvalue weighted by Gasteiger charge is -2.26. The molecule has 0 aliphatic heterocycles. The van der Waals surface area contributed by atoms with Crippen LogP contribution in [0, 0.1) is 0 Å². The van der Waals surface area contributed by atoms with Crippen LogP contribution in [0.3, 0.4) is 0 Å². The number of hydrogen-bond donors (Lipinski definition) is 2. The number of aliphatic hydroxyl groups is 2. The lowest BCUT2D eigenvalue weighted by molar-refractivity contribution is -0.141. The van der Waals surface area contributed by atoms with E-state index in [1.165, 1.54) is 6.08 Å². The van der Waals surface area contributed by atoms with Gasteiger partial charge in [0.25, 0.3) is 0 Å². The number of ketones is 1. The van der Waals surface area contributed by atoms with Crippen molar-refractivity contribution in [3.8, 4) is 0 Å². The van der Waals surface area contributed by atoms with Gasteiger partial charge in [0, 0.05) is 6.42 Å². The second-order valence-corrected chi connectivity index (χ2v) is 4.09. The Morgan fingerprint density at radius 1 is 1.24 bits per heavy atom. The lowest BCUT2D eigenvalue weighted by atomic mass is 9.86. The molecule has 0 saturated carbocycles. The van der Waals surface area contributed by atoms with Gasteiger partial charge in [-0.05, 0) is 11.6 Å². The van der Waals surface area contributed by atoms with Crippen molar-refractivity contribution in [2.24, 2.45) is 0 Å². The monoisotopic (exact) mass is 230 g/mol. The summed E-state index contributed by atoms with van der Waals surface area (Å²) in [7, 11) is 0. The zero-order valence-corrected chi connectivity index (χ0v) is 9.28. The van der Waals surface area contributed by atoms with E-state index < -0.39 is 17.5 Å². The molecule has 0 saturated heterocycles. The molecular weight excluding hydrogens is 216 g/mol. The molecule has 0 radical (unpaired) electrons. The highest BCUT2D eigenvalue weighted by Gasteiger charge is 2.37. The normalized spacial score (nSPS) is 24.6. The van der Waals surface area contributed by atoms with Gasteiger partial charge in [-0.1, -0.05) is 48.6 Å². The lowest BCUT2D eigenvalue weighted by Crippen LogP contribution is -2.40. The maximum Gasteiger partial charge on any atom is 0.201 e. The smallest absolute Gasteiger partial charge is 0.201 e. The Hall–Kier alpha value is -1.71. The number of rotatable bonds is 3. The molecule has 2 rings (SSSR count). The second kappa shape index (κ2) is 4.65. The van der Waals surface area contributed by atoms with Crippen LogP contribution < -0.4 is 0 Å². The van der Waals surface area contributed by atoms with Crippen LogP contribution in [0.15, 0.2) is 54.6 Å². The predicted octanol–water partition coefficient (Wildman–Crippen LogP) is 1.54. The molecule has 1 aliphatic carbocycles. The highest BCUT2D eigenvalue weighted by Crippen LogP contribution is 2.26. The number of Topliss-reactive ketones (excluding diaryl/α,β-unsaturated/α-hetero) is 1. The second-order valence-electron chi connectivity index (χ2n) is 4.09. The number of aliphatic hydroxyl groups excluding tert-OH is 1. The van der Waals surface area contributed by atoms with Crippen molar-refractivity contribution >= 4 is 5.78 Å². The zero-order chi connectivity index (χ0) is 12.3.